The maximum absolute atomic E-state index is 13.3. The number of rotatable bonds is 53. The third kappa shape index (κ3) is 40.5. The van der Waals surface area contributed by atoms with Gasteiger partial charge in [-0.2, -0.15) is 0 Å². The van der Waals surface area contributed by atoms with E-state index in [1.807, 2.05) is 12.2 Å². The number of ether oxygens (including phenoxy) is 3. The van der Waals surface area contributed by atoms with Crippen LogP contribution in [0.15, 0.2) is 60.8 Å². The molecule has 1 rings (SSSR count). The molecule has 0 aromatic carbocycles. The van der Waals surface area contributed by atoms with Gasteiger partial charge in [0.25, 0.3) is 0 Å². The number of carbonyl (C=O) groups is 2. The molecular formula is C65H117NO10. The zero-order valence-electron chi connectivity index (χ0n) is 48.9. The number of amides is 1. The van der Waals surface area contributed by atoms with Crippen LogP contribution in [0.3, 0.4) is 0 Å². The van der Waals surface area contributed by atoms with Crippen LogP contribution in [0.5, 0.6) is 0 Å². The van der Waals surface area contributed by atoms with Crippen molar-refractivity contribution in [2.75, 3.05) is 13.2 Å². The van der Waals surface area contributed by atoms with Gasteiger partial charge in [0.05, 0.1) is 25.4 Å². The second kappa shape index (κ2) is 53.0. The summed E-state index contributed by atoms with van der Waals surface area (Å²) >= 11 is 0. The number of nitrogens with one attached hydrogen (secondary N) is 1. The minimum absolute atomic E-state index is 0.0819. The van der Waals surface area contributed by atoms with E-state index >= 15 is 0 Å². The summed E-state index contributed by atoms with van der Waals surface area (Å²) in [6, 6.07) is -1.05. The highest BCUT2D eigenvalue weighted by Gasteiger charge is 2.47. The molecule has 0 radical (unpaired) electrons. The zero-order valence-corrected chi connectivity index (χ0v) is 48.9. The highest BCUT2D eigenvalue weighted by Crippen LogP contribution is 2.26. The number of aliphatic hydroxyl groups excluding tert-OH is 5. The molecule has 1 heterocycles. The van der Waals surface area contributed by atoms with Gasteiger partial charge in [-0.15, -0.1) is 0 Å². The van der Waals surface area contributed by atoms with Crippen LogP contribution in [-0.4, -0.2) is 99.6 Å². The number of unbranched alkanes of at least 4 members (excludes halogenated alkanes) is 32. The molecule has 442 valence electrons. The van der Waals surface area contributed by atoms with Gasteiger partial charge in [0.15, 0.2) is 12.4 Å². The van der Waals surface area contributed by atoms with Crippen molar-refractivity contribution in [3.8, 4) is 0 Å². The van der Waals surface area contributed by atoms with Gasteiger partial charge < -0.3 is 45.1 Å². The Morgan fingerprint density at radius 3 is 1.37 bits per heavy atom. The second-order valence-corrected chi connectivity index (χ2v) is 21.8. The summed E-state index contributed by atoms with van der Waals surface area (Å²) in [7, 11) is 0. The minimum Gasteiger partial charge on any atom is -0.454 e. The molecule has 0 saturated carbocycles. The molecule has 1 aliphatic heterocycles. The smallest absolute Gasteiger partial charge is 0.306 e. The number of carbonyl (C=O) groups excluding carboxylic acids is 2. The van der Waals surface area contributed by atoms with E-state index in [4.69, 9.17) is 14.2 Å². The molecule has 6 N–H and O–H groups in total. The van der Waals surface area contributed by atoms with Crippen LogP contribution in [0.2, 0.25) is 0 Å². The molecule has 8 unspecified atom stereocenters. The Balaban J connectivity index is 2.63. The molecule has 11 heteroatoms. The molecule has 8 atom stereocenters. The van der Waals surface area contributed by atoms with Gasteiger partial charge in [0.1, 0.15) is 24.4 Å². The first kappa shape index (κ1) is 71.4. The van der Waals surface area contributed by atoms with Crippen molar-refractivity contribution in [3.05, 3.63) is 60.8 Å². The fourth-order valence-electron chi connectivity index (χ4n) is 9.61. The molecule has 1 amide bonds. The minimum atomic E-state index is -1.62. The first-order chi connectivity index (χ1) is 37.2. The van der Waals surface area contributed by atoms with Crippen LogP contribution in [0.1, 0.15) is 278 Å². The highest BCUT2D eigenvalue weighted by atomic mass is 16.7. The number of aliphatic hydroxyl groups is 5. The van der Waals surface area contributed by atoms with Crippen molar-refractivity contribution in [1.82, 2.24) is 5.32 Å². The van der Waals surface area contributed by atoms with Crippen molar-refractivity contribution in [2.24, 2.45) is 0 Å². The third-order valence-electron chi connectivity index (χ3n) is 14.7. The summed E-state index contributed by atoms with van der Waals surface area (Å²) in [6.07, 6.45) is 55.7. The van der Waals surface area contributed by atoms with E-state index in [-0.39, 0.29) is 19.4 Å². The third-order valence-corrected chi connectivity index (χ3v) is 14.7. The zero-order chi connectivity index (χ0) is 55.4. The fourth-order valence-corrected chi connectivity index (χ4v) is 9.61. The molecule has 0 spiro atoms. The standard InChI is InChI=1S/C65H117NO10/c1-4-7-10-13-16-19-22-25-26-27-28-29-30-31-32-33-34-35-38-41-44-47-50-53-60(70)76-63-62(72)61(71)59(54-67)75-65(63)74-55-56(57(68)51-48-45-42-39-36-23-20-17-14-11-8-5-2)66-64(73)58(69)52-49-46-43-40-37-24-21-18-15-12-9-6-3/h16,19,25-26,37,40,46,48-49,51,56-59,61-63,65,67-69,71-72H,4-15,17-18,20-24,27-36,38-39,41-45,47,50,52-55H2,1-3H3,(H,66,73)/b19-16-,26-25-,40-37-,49-46+,51-48+. The van der Waals surface area contributed by atoms with Crippen LogP contribution in [0, 0.1) is 0 Å². The van der Waals surface area contributed by atoms with Crippen molar-refractivity contribution < 1.29 is 49.3 Å². The molecule has 1 aliphatic rings. The molecule has 0 aromatic rings. The van der Waals surface area contributed by atoms with Crippen LogP contribution in [0.4, 0.5) is 0 Å². The van der Waals surface area contributed by atoms with Gasteiger partial charge in [-0.05, 0) is 70.6 Å². The van der Waals surface area contributed by atoms with Gasteiger partial charge in [0.2, 0.25) is 5.91 Å². The average Bonchev–Trinajstić information content (AvgIpc) is 3.42. The maximum Gasteiger partial charge on any atom is 0.306 e. The largest absolute Gasteiger partial charge is 0.454 e. The van der Waals surface area contributed by atoms with Crippen molar-refractivity contribution in [2.45, 2.75) is 327 Å². The van der Waals surface area contributed by atoms with E-state index in [0.29, 0.717) is 12.8 Å². The van der Waals surface area contributed by atoms with Crippen LogP contribution < -0.4 is 5.32 Å². The van der Waals surface area contributed by atoms with Gasteiger partial charge in [-0.25, -0.2) is 0 Å². The Morgan fingerprint density at radius 2 is 0.908 bits per heavy atom. The summed E-state index contributed by atoms with van der Waals surface area (Å²) in [5.74, 6) is -1.26. The number of esters is 1. The van der Waals surface area contributed by atoms with E-state index in [9.17, 15) is 35.1 Å². The first-order valence-electron chi connectivity index (χ1n) is 31.6. The average molecular weight is 1070 g/mol. The predicted molar refractivity (Wildman–Crippen MR) is 315 cm³/mol. The van der Waals surface area contributed by atoms with Crippen LogP contribution in [-0.2, 0) is 23.8 Å². The molecule has 0 aromatic heterocycles. The van der Waals surface area contributed by atoms with E-state index < -0.39 is 67.4 Å². The van der Waals surface area contributed by atoms with E-state index in [0.717, 1.165) is 51.4 Å². The predicted octanol–water partition coefficient (Wildman–Crippen LogP) is 15.0. The number of hydrogen-bond donors (Lipinski definition) is 6. The lowest BCUT2D eigenvalue weighted by atomic mass is 9.99. The Labute approximate surface area is 465 Å². The van der Waals surface area contributed by atoms with E-state index in [2.05, 4.69) is 62.5 Å². The summed E-state index contributed by atoms with van der Waals surface area (Å²) in [5, 5.41) is 56.8. The molecule has 1 fully saturated rings. The lowest BCUT2D eigenvalue weighted by Crippen LogP contribution is -2.61. The highest BCUT2D eigenvalue weighted by molar-refractivity contribution is 5.81. The van der Waals surface area contributed by atoms with E-state index in [1.165, 1.54) is 180 Å². The van der Waals surface area contributed by atoms with Crippen LogP contribution in [0.25, 0.3) is 0 Å². The fraction of sp³-hybridized carbons (Fsp3) is 0.815. The van der Waals surface area contributed by atoms with Gasteiger partial charge in [-0.1, -0.05) is 255 Å². The molecule has 1 saturated heterocycles. The summed E-state index contributed by atoms with van der Waals surface area (Å²) in [5.41, 5.74) is 0. The number of allylic oxidation sites excluding steroid dienone is 8. The normalized spacial score (nSPS) is 19.5. The Hall–Kier alpha value is -2.64. The molecular weight excluding hydrogens is 955 g/mol. The lowest BCUT2D eigenvalue weighted by Gasteiger charge is -2.41. The van der Waals surface area contributed by atoms with Crippen molar-refractivity contribution >= 4 is 11.9 Å². The summed E-state index contributed by atoms with van der Waals surface area (Å²) < 4.78 is 17.6. The Kier molecular flexibility index (Phi) is 49.8. The molecule has 76 heavy (non-hydrogen) atoms. The topological polar surface area (TPSA) is 175 Å². The van der Waals surface area contributed by atoms with Crippen molar-refractivity contribution in [1.29, 1.82) is 0 Å². The van der Waals surface area contributed by atoms with Gasteiger partial charge in [0, 0.05) is 12.8 Å². The summed E-state index contributed by atoms with van der Waals surface area (Å²) in [4.78, 5) is 26.5. The van der Waals surface area contributed by atoms with Gasteiger partial charge >= 0.3 is 5.97 Å². The second-order valence-electron chi connectivity index (χ2n) is 21.8. The Morgan fingerprint density at radius 1 is 0.513 bits per heavy atom. The maximum atomic E-state index is 13.3. The Bertz CT molecular complexity index is 1460. The lowest BCUT2D eigenvalue weighted by molar-refractivity contribution is -0.305. The quantitative estimate of drug-likeness (QED) is 0.0195. The number of hydrogen-bond acceptors (Lipinski definition) is 10. The van der Waals surface area contributed by atoms with Crippen molar-refractivity contribution in [3.63, 3.8) is 0 Å². The summed E-state index contributed by atoms with van der Waals surface area (Å²) in [6.45, 7) is 5.72. The van der Waals surface area contributed by atoms with E-state index in [1.54, 1.807) is 12.2 Å². The van der Waals surface area contributed by atoms with Crippen LogP contribution >= 0.6 is 0 Å². The molecule has 0 bridgehead atoms. The van der Waals surface area contributed by atoms with Gasteiger partial charge in [-0.3, -0.25) is 9.59 Å². The molecule has 0 aliphatic carbocycles. The monoisotopic (exact) mass is 1070 g/mol. The molecule has 11 nitrogen and oxygen atoms in total. The first-order valence-corrected chi connectivity index (χ1v) is 31.6. The SMILES string of the molecule is CCCCC/C=C\C/C=C\CCCCCCCCCCCCCCCC(=O)OC1C(OCC(NC(=O)C(O)C/C=C/C/C=C\CCCCCCCC)C(O)/C=C/CCCCCCCCCCCC)OC(CO)C(O)C1O.